The van der Waals surface area contributed by atoms with Crippen LogP contribution >= 0.6 is 11.3 Å². The van der Waals surface area contributed by atoms with Crippen molar-refractivity contribution in [1.82, 2.24) is 9.97 Å². The molecule has 144 valence electrons. The number of benzene rings is 1. The van der Waals surface area contributed by atoms with Gasteiger partial charge in [0.05, 0.1) is 17.3 Å². The van der Waals surface area contributed by atoms with Gasteiger partial charge in [0.2, 0.25) is 0 Å². The van der Waals surface area contributed by atoms with Crippen molar-refractivity contribution in [1.29, 1.82) is 0 Å². The minimum absolute atomic E-state index is 0.351. The van der Waals surface area contributed by atoms with E-state index < -0.39 is 0 Å². The Hall–Kier alpha value is -2.99. The van der Waals surface area contributed by atoms with E-state index in [0.717, 1.165) is 40.4 Å². The normalized spacial score (nSPS) is 10.9. The summed E-state index contributed by atoms with van der Waals surface area (Å²) in [6.45, 7) is 2.78. The van der Waals surface area contributed by atoms with E-state index in [1.54, 1.807) is 23.6 Å². The molecule has 0 radical (unpaired) electrons. The van der Waals surface area contributed by atoms with Crippen LogP contribution in [0.5, 0.6) is 5.75 Å². The number of aromatic nitrogens is 2. The molecule has 0 fully saturated rings. The Morgan fingerprint density at radius 2 is 2.18 bits per heavy atom. The number of nitrogens with zero attached hydrogens (tertiary/aromatic N) is 2. The number of rotatable bonds is 9. The fraction of sp³-hybridized carbons (Fsp3) is 0.227. The van der Waals surface area contributed by atoms with E-state index in [2.05, 4.69) is 9.97 Å². The van der Waals surface area contributed by atoms with Crippen molar-refractivity contribution in [2.75, 3.05) is 6.61 Å². The smallest absolute Gasteiger partial charge is 0.330 e. The van der Waals surface area contributed by atoms with Crippen LogP contribution in [0.25, 0.3) is 6.08 Å². The summed E-state index contributed by atoms with van der Waals surface area (Å²) in [4.78, 5) is 20.3. The van der Waals surface area contributed by atoms with Gasteiger partial charge in [-0.2, -0.15) is 0 Å². The molecule has 1 aromatic carbocycles. The van der Waals surface area contributed by atoms with Gasteiger partial charge in [0.25, 0.3) is 0 Å². The second kappa shape index (κ2) is 10.4. The van der Waals surface area contributed by atoms with E-state index in [0.29, 0.717) is 13.2 Å². The van der Waals surface area contributed by atoms with Gasteiger partial charge in [-0.1, -0.05) is 18.2 Å². The van der Waals surface area contributed by atoms with Crippen LogP contribution in [0.1, 0.15) is 28.2 Å². The van der Waals surface area contributed by atoms with E-state index in [-0.39, 0.29) is 5.97 Å². The predicted molar refractivity (Wildman–Crippen MR) is 110 cm³/mol. The Morgan fingerprint density at radius 1 is 1.25 bits per heavy atom. The van der Waals surface area contributed by atoms with Crippen molar-refractivity contribution in [3.63, 3.8) is 0 Å². The van der Waals surface area contributed by atoms with Gasteiger partial charge in [-0.3, -0.25) is 4.98 Å². The molecule has 5 nitrogen and oxygen atoms in total. The van der Waals surface area contributed by atoms with Crippen molar-refractivity contribution >= 4 is 23.4 Å². The number of carbonyl (C=O) groups is 1. The van der Waals surface area contributed by atoms with Crippen molar-refractivity contribution < 1.29 is 14.3 Å². The van der Waals surface area contributed by atoms with Gasteiger partial charge >= 0.3 is 5.97 Å². The molecule has 0 bridgehead atoms. The van der Waals surface area contributed by atoms with E-state index in [1.807, 2.05) is 54.9 Å². The second-order valence-electron chi connectivity index (χ2n) is 6.18. The zero-order valence-electron chi connectivity index (χ0n) is 15.7. The average molecular weight is 394 g/mol. The monoisotopic (exact) mass is 394 g/mol. The summed E-state index contributed by atoms with van der Waals surface area (Å²) in [6.07, 6.45) is 8.34. The van der Waals surface area contributed by atoms with Crippen LogP contribution in [0, 0.1) is 6.92 Å². The summed E-state index contributed by atoms with van der Waals surface area (Å²) in [6, 6.07) is 11.5. The molecule has 3 aromatic rings. The number of hydrogen-bond donors (Lipinski definition) is 0. The van der Waals surface area contributed by atoms with Crippen LogP contribution in [0.4, 0.5) is 0 Å². The van der Waals surface area contributed by atoms with Gasteiger partial charge in [-0.25, -0.2) is 9.78 Å². The maximum Gasteiger partial charge on any atom is 0.330 e. The largest absolute Gasteiger partial charge is 0.487 e. The quantitative estimate of drug-likeness (QED) is 0.301. The standard InChI is InChI=1S/C22H22N2O3S/c1-17-24-20(16-28-17)15-27-21-8-2-5-18(13-21)9-10-22(25)26-12-4-7-19-6-3-11-23-14-19/h2-3,5-6,8-11,13-14,16H,4,7,12,15H2,1H3/b10-9+. The second-order valence-corrected chi connectivity index (χ2v) is 7.25. The fourth-order valence-corrected chi connectivity index (χ4v) is 3.14. The third kappa shape index (κ3) is 6.63. The van der Waals surface area contributed by atoms with Gasteiger partial charge < -0.3 is 9.47 Å². The van der Waals surface area contributed by atoms with Crippen LogP contribution in [-0.4, -0.2) is 22.5 Å². The molecule has 0 aliphatic carbocycles. The van der Waals surface area contributed by atoms with Crippen LogP contribution in [0.15, 0.2) is 60.2 Å². The Labute approximate surface area is 168 Å². The van der Waals surface area contributed by atoms with Gasteiger partial charge in [-0.05, 0) is 55.2 Å². The Bertz CT molecular complexity index is 922. The molecule has 6 heteroatoms. The molecular formula is C22H22N2O3S. The third-order valence-corrected chi connectivity index (χ3v) is 4.72. The maximum atomic E-state index is 11.9. The molecule has 3 rings (SSSR count). The summed E-state index contributed by atoms with van der Waals surface area (Å²) in [7, 11) is 0. The van der Waals surface area contributed by atoms with Crippen LogP contribution in [-0.2, 0) is 22.6 Å². The molecule has 0 saturated heterocycles. The molecular weight excluding hydrogens is 372 g/mol. The van der Waals surface area contributed by atoms with Crippen molar-refractivity contribution in [3.8, 4) is 5.75 Å². The summed E-state index contributed by atoms with van der Waals surface area (Å²) in [5.41, 5.74) is 2.93. The number of thiazole rings is 1. The molecule has 0 saturated carbocycles. The SMILES string of the molecule is Cc1nc(COc2cccc(/C=C/C(=O)OCCCc3cccnc3)c2)cs1. The first-order valence-electron chi connectivity index (χ1n) is 9.07. The van der Waals surface area contributed by atoms with Crippen LogP contribution in [0.3, 0.4) is 0 Å². The lowest BCUT2D eigenvalue weighted by molar-refractivity contribution is -0.137. The number of esters is 1. The zero-order chi connectivity index (χ0) is 19.6. The highest BCUT2D eigenvalue weighted by molar-refractivity contribution is 7.09. The van der Waals surface area contributed by atoms with E-state index in [9.17, 15) is 4.79 Å². The summed E-state index contributed by atoms with van der Waals surface area (Å²) < 4.78 is 11.0. The Balaban J connectivity index is 1.42. The van der Waals surface area contributed by atoms with Gasteiger partial charge in [-0.15, -0.1) is 11.3 Å². The highest BCUT2D eigenvalue weighted by Gasteiger charge is 2.02. The first-order valence-corrected chi connectivity index (χ1v) is 9.94. The van der Waals surface area contributed by atoms with Crippen molar-refractivity contribution in [2.45, 2.75) is 26.4 Å². The molecule has 0 spiro atoms. The van der Waals surface area contributed by atoms with E-state index in [4.69, 9.17) is 9.47 Å². The zero-order valence-corrected chi connectivity index (χ0v) is 16.5. The number of ether oxygens (including phenoxy) is 2. The topological polar surface area (TPSA) is 61.3 Å². The van der Waals surface area contributed by atoms with E-state index in [1.165, 1.54) is 6.08 Å². The summed E-state index contributed by atoms with van der Waals surface area (Å²) in [5.74, 6) is 0.382. The number of hydrogen-bond acceptors (Lipinski definition) is 6. The van der Waals surface area contributed by atoms with Crippen molar-refractivity contribution in [2.24, 2.45) is 0 Å². The number of carbonyl (C=O) groups excluding carboxylic acids is 1. The van der Waals surface area contributed by atoms with E-state index >= 15 is 0 Å². The lowest BCUT2D eigenvalue weighted by atomic mass is 10.2. The van der Waals surface area contributed by atoms with Gasteiger partial charge in [0.15, 0.2) is 0 Å². The highest BCUT2D eigenvalue weighted by atomic mass is 32.1. The van der Waals surface area contributed by atoms with Crippen molar-refractivity contribution in [3.05, 3.63) is 82.1 Å². The predicted octanol–water partition coefficient (Wildman–Crippen LogP) is 4.61. The minimum Gasteiger partial charge on any atom is -0.487 e. The molecule has 0 atom stereocenters. The average Bonchev–Trinajstić information content (AvgIpc) is 3.14. The number of aryl methyl sites for hydroxylation is 2. The molecule has 2 heterocycles. The first kappa shape index (κ1) is 19.8. The molecule has 2 aromatic heterocycles. The summed E-state index contributed by atoms with van der Waals surface area (Å²) in [5, 5.41) is 3.01. The lowest BCUT2D eigenvalue weighted by Crippen LogP contribution is -2.03. The van der Waals surface area contributed by atoms with Gasteiger partial charge in [0.1, 0.15) is 12.4 Å². The molecule has 0 N–H and O–H groups in total. The van der Waals surface area contributed by atoms with Gasteiger partial charge in [0, 0.05) is 23.8 Å². The lowest BCUT2D eigenvalue weighted by Gasteiger charge is -2.05. The summed E-state index contributed by atoms with van der Waals surface area (Å²) >= 11 is 1.60. The van der Waals surface area contributed by atoms with Crippen LogP contribution < -0.4 is 4.74 Å². The third-order valence-electron chi connectivity index (χ3n) is 3.90. The number of pyridine rings is 1. The fourth-order valence-electron chi connectivity index (χ4n) is 2.55. The van der Waals surface area contributed by atoms with Crippen LogP contribution in [0.2, 0.25) is 0 Å². The molecule has 0 amide bonds. The minimum atomic E-state index is -0.351. The molecule has 0 aliphatic rings. The molecule has 0 aliphatic heterocycles. The molecule has 0 unspecified atom stereocenters. The highest BCUT2D eigenvalue weighted by Crippen LogP contribution is 2.17. The first-order chi connectivity index (χ1) is 13.7. The molecule has 28 heavy (non-hydrogen) atoms. The Morgan fingerprint density at radius 3 is 2.96 bits per heavy atom. The Kier molecular flexibility index (Phi) is 7.32. The maximum absolute atomic E-state index is 11.9.